The predicted molar refractivity (Wildman–Crippen MR) is 101 cm³/mol. The molecule has 1 unspecified atom stereocenters. The Kier molecular flexibility index (Phi) is 5.91. The molecule has 3 nitrogen and oxygen atoms in total. The number of hydrogen-bond acceptors (Lipinski definition) is 3. The molecule has 1 saturated heterocycles. The minimum Gasteiger partial charge on any atom is -0.350 e. The second-order valence-corrected chi connectivity index (χ2v) is 6.46. The fourth-order valence-corrected chi connectivity index (χ4v) is 3.32. The summed E-state index contributed by atoms with van der Waals surface area (Å²) >= 11 is 5.58. The van der Waals surface area contributed by atoms with Gasteiger partial charge in [0.1, 0.15) is 5.82 Å². The van der Waals surface area contributed by atoms with Crippen LogP contribution in [0.1, 0.15) is 18.0 Å². The van der Waals surface area contributed by atoms with Gasteiger partial charge in [-0.15, -0.1) is 0 Å². The van der Waals surface area contributed by atoms with Crippen molar-refractivity contribution in [2.75, 3.05) is 31.5 Å². The Labute approximate surface area is 147 Å². The molecule has 0 saturated carbocycles. The van der Waals surface area contributed by atoms with E-state index in [1.807, 2.05) is 42.5 Å². The molecule has 0 spiro atoms. The average Bonchev–Trinajstić information content (AvgIpc) is 2.62. The zero-order valence-electron chi connectivity index (χ0n) is 13.5. The molecule has 5 heteroatoms. The highest BCUT2D eigenvalue weighted by Crippen LogP contribution is 2.26. The molecule has 3 rings (SSSR count). The fourth-order valence-electron chi connectivity index (χ4n) is 3.05. The molecule has 2 aromatic rings. The van der Waals surface area contributed by atoms with Crippen molar-refractivity contribution in [3.8, 4) is 0 Å². The SMILES string of the molecule is Fc1ccc(C(CC(=S)Nc2ccccc2)N2CCNCC2)cc1. The van der Waals surface area contributed by atoms with Crippen LogP contribution in [0.3, 0.4) is 0 Å². The maximum atomic E-state index is 13.3. The maximum absolute atomic E-state index is 13.3. The Balaban J connectivity index is 1.73. The Bertz CT molecular complexity index is 654. The second kappa shape index (κ2) is 8.33. The summed E-state index contributed by atoms with van der Waals surface area (Å²) in [5.74, 6) is -0.206. The normalized spacial score (nSPS) is 16.5. The average molecular weight is 343 g/mol. The second-order valence-electron chi connectivity index (χ2n) is 5.97. The first kappa shape index (κ1) is 17.0. The Morgan fingerprint density at radius 2 is 1.75 bits per heavy atom. The van der Waals surface area contributed by atoms with Crippen LogP contribution < -0.4 is 10.6 Å². The van der Waals surface area contributed by atoms with E-state index in [9.17, 15) is 4.39 Å². The number of rotatable bonds is 5. The van der Waals surface area contributed by atoms with Crippen molar-refractivity contribution >= 4 is 22.9 Å². The lowest BCUT2D eigenvalue weighted by Gasteiger charge is -2.35. The van der Waals surface area contributed by atoms with Crippen molar-refractivity contribution < 1.29 is 4.39 Å². The van der Waals surface area contributed by atoms with Gasteiger partial charge in [0.25, 0.3) is 0 Å². The summed E-state index contributed by atoms with van der Waals surface area (Å²) in [7, 11) is 0. The molecule has 2 N–H and O–H groups in total. The van der Waals surface area contributed by atoms with Gasteiger partial charge in [0.15, 0.2) is 0 Å². The number of piperazine rings is 1. The number of thiocarbonyl (C=S) groups is 1. The fraction of sp³-hybridized carbons (Fsp3) is 0.316. The van der Waals surface area contributed by atoms with Crippen LogP contribution >= 0.6 is 12.2 Å². The number of para-hydroxylation sites is 1. The van der Waals surface area contributed by atoms with Gasteiger partial charge in [-0.2, -0.15) is 0 Å². The van der Waals surface area contributed by atoms with Gasteiger partial charge in [0, 0.05) is 44.3 Å². The van der Waals surface area contributed by atoms with Crippen LogP contribution in [0.5, 0.6) is 0 Å². The first-order chi connectivity index (χ1) is 11.7. The van der Waals surface area contributed by atoms with Gasteiger partial charge in [0.2, 0.25) is 0 Å². The Morgan fingerprint density at radius 3 is 2.42 bits per heavy atom. The van der Waals surface area contributed by atoms with E-state index >= 15 is 0 Å². The molecule has 1 aliphatic heterocycles. The van der Waals surface area contributed by atoms with E-state index < -0.39 is 0 Å². The molecule has 0 radical (unpaired) electrons. The minimum absolute atomic E-state index is 0.163. The van der Waals surface area contributed by atoms with E-state index in [0.29, 0.717) is 0 Å². The lowest BCUT2D eigenvalue weighted by molar-refractivity contribution is 0.178. The molecule has 0 aliphatic carbocycles. The number of nitrogens with zero attached hydrogens (tertiary/aromatic N) is 1. The van der Waals surface area contributed by atoms with Crippen LogP contribution in [-0.2, 0) is 0 Å². The summed E-state index contributed by atoms with van der Waals surface area (Å²) in [6, 6.07) is 16.9. The van der Waals surface area contributed by atoms with Crippen molar-refractivity contribution in [2.24, 2.45) is 0 Å². The summed E-state index contributed by atoms with van der Waals surface area (Å²) in [5, 5.41) is 6.68. The van der Waals surface area contributed by atoms with E-state index in [1.54, 1.807) is 0 Å². The van der Waals surface area contributed by atoms with Crippen LogP contribution in [0.15, 0.2) is 54.6 Å². The lowest BCUT2D eigenvalue weighted by Crippen LogP contribution is -2.45. The van der Waals surface area contributed by atoms with Gasteiger partial charge >= 0.3 is 0 Å². The van der Waals surface area contributed by atoms with Crippen LogP contribution in [0, 0.1) is 5.82 Å². The molecule has 1 atom stereocenters. The molecular formula is C19H22FN3S. The van der Waals surface area contributed by atoms with Crippen LogP contribution in [0.4, 0.5) is 10.1 Å². The van der Waals surface area contributed by atoms with Crippen molar-refractivity contribution in [1.29, 1.82) is 0 Å². The number of hydrogen-bond donors (Lipinski definition) is 2. The highest BCUT2D eigenvalue weighted by Gasteiger charge is 2.23. The largest absolute Gasteiger partial charge is 0.350 e. The molecule has 1 heterocycles. The first-order valence-electron chi connectivity index (χ1n) is 8.27. The molecule has 1 aliphatic rings. The standard InChI is InChI=1S/C19H22FN3S/c20-16-8-6-15(7-9-16)18(23-12-10-21-11-13-23)14-19(24)22-17-4-2-1-3-5-17/h1-9,18,21H,10-14H2,(H,22,24). The number of halogens is 1. The van der Waals surface area contributed by atoms with Crippen LogP contribution in [0.25, 0.3) is 0 Å². The molecule has 0 amide bonds. The summed E-state index contributed by atoms with van der Waals surface area (Å²) in [6.45, 7) is 3.87. The quantitative estimate of drug-likeness (QED) is 0.811. The topological polar surface area (TPSA) is 27.3 Å². The summed E-state index contributed by atoms with van der Waals surface area (Å²) < 4.78 is 13.3. The third-order valence-electron chi connectivity index (χ3n) is 4.28. The molecular weight excluding hydrogens is 321 g/mol. The van der Waals surface area contributed by atoms with Gasteiger partial charge in [-0.1, -0.05) is 42.5 Å². The van der Waals surface area contributed by atoms with E-state index in [-0.39, 0.29) is 11.9 Å². The van der Waals surface area contributed by atoms with Crippen molar-refractivity contribution in [3.05, 3.63) is 66.0 Å². The van der Waals surface area contributed by atoms with Gasteiger partial charge in [0.05, 0.1) is 4.99 Å². The van der Waals surface area contributed by atoms with Gasteiger partial charge in [-0.05, 0) is 29.8 Å². The van der Waals surface area contributed by atoms with E-state index in [2.05, 4.69) is 15.5 Å². The van der Waals surface area contributed by atoms with Gasteiger partial charge in [-0.25, -0.2) is 4.39 Å². The molecule has 126 valence electrons. The third kappa shape index (κ3) is 4.60. The molecule has 24 heavy (non-hydrogen) atoms. The van der Waals surface area contributed by atoms with Crippen molar-refractivity contribution in [2.45, 2.75) is 12.5 Å². The lowest BCUT2D eigenvalue weighted by atomic mass is 10.0. The van der Waals surface area contributed by atoms with E-state index in [1.165, 1.54) is 12.1 Å². The van der Waals surface area contributed by atoms with E-state index in [4.69, 9.17) is 12.2 Å². The van der Waals surface area contributed by atoms with Gasteiger partial charge < -0.3 is 10.6 Å². The minimum atomic E-state index is -0.206. The Morgan fingerprint density at radius 1 is 1.08 bits per heavy atom. The monoisotopic (exact) mass is 343 g/mol. The van der Waals surface area contributed by atoms with Crippen molar-refractivity contribution in [3.63, 3.8) is 0 Å². The Hall–Kier alpha value is -1.82. The van der Waals surface area contributed by atoms with Crippen molar-refractivity contribution in [1.82, 2.24) is 10.2 Å². The maximum Gasteiger partial charge on any atom is 0.123 e. The first-order valence-corrected chi connectivity index (χ1v) is 8.68. The number of nitrogens with one attached hydrogen (secondary N) is 2. The zero-order valence-corrected chi connectivity index (χ0v) is 14.4. The third-order valence-corrected chi connectivity index (χ3v) is 4.55. The highest BCUT2D eigenvalue weighted by molar-refractivity contribution is 7.80. The molecule has 0 bridgehead atoms. The van der Waals surface area contributed by atoms with Gasteiger partial charge in [-0.3, -0.25) is 4.90 Å². The summed E-state index contributed by atoms with van der Waals surface area (Å²) in [4.78, 5) is 3.22. The molecule has 2 aromatic carbocycles. The smallest absolute Gasteiger partial charge is 0.123 e. The number of anilines is 1. The number of benzene rings is 2. The molecule has 0 aromatic heterocycles. The predicted octanol–water partition coefficient (Wildman–Crippen LogP) is 3.60. The van der Waals surface area contributed by atoms with Crippen LogP contribution in [-0.4, -0.2) is 36.1 Å². The van der Waals surface area contributed by atoms with Crippen LogP contribution in [0.2, 0.25) is 0 Å². The summed E-state index contributed by atoms with van der Waals surface area (Å²) in [5.41, 5.74) is 2.11. The summed E-state index contributed by atoms with van der Waals surface area (Å²) in [6.07, 6.45) is 0.718. The highest BCUT2D eigenvalue weighted by atomic mass is 32.1. The van der Waals surface area contributed by atoms with E-state index in [0.717, 1.165) is 48.8 Å². The molecule has 1 fully saturated rings. The zero-order chi connectivity index (χ0) is 16.8.